The van der Waals surface area contributed by atoms with Gasteiger partial charge >= 0.3 is 0 Å². The van der Waals surface area contributed by atoms with E-state index in [1.807, 2.05) is 0 Å². The Labute approximate surface area is 70.9 Å². The molecule has 0 spiro atoms. The van der Waals surface area contributed by atoms with Gasteiger partial charge in [-0.05, 0) is 26.7 Å². The minimum atomic E-state index is 0.529. The highest BCUT2D eigenvalue weighted by molar-refractivity contribution is 4.64. The van der Waals surface area contributed by atoms with Crippen LogP contribution in [0.15, 0.2) is 0 Å². The molecule has 1 unspecified atom stereocenters. The van der Waals surface area contributed by atoms with E-state index in [-0.39, 0.29) is 0 Å². The fourth-order valence-electron chi connectivity index (χ4n) is 0.972. The molecule has 0 heterocycles. The Morgan fingerprint density at radius 3 is 1.73 bits per heavy atom. The highest BCUT2D eigenvalue weighted by Gasteiger charge is 2.12. The molecule has 2 heteroatoms. The van der Waals surface area contributed by atoms with E-state index >= 15 is 0 Å². The average molecular weight is 158 g/mol. The molecule has 0 aromatic heterocycles. The van der Waals surface area contributed by atoms with Crippen LogP contribution in [0.5, 0.6) is 0 Å². The first-order valence-electron chi connectivity index (χ1n) is 4.44. The third-order valence-electron chi connectivity index (χ3n) is 2.04. The van der Waals surface area contributed by atoms with Gasteiger partial charge in [-0.15, -0.1) is 0 Å². The Morgan fingerprint density at radius 2 is 1.45 bits per heavy atom. The Balaban J connectivity index is 3.73. The quantitative estimate of drug-likeness (QED) is 0.628. The first-order chi connectivity index (χ1) is 4.95. The summed E-state index contributed by atoms with van der Waals surface area (Å²) < 4.78 is 0. The lowest BCUT2D eigenvalue weighted by atomic mass is 10.1. The molecule has 0 amide bonds. The van der Waals surface area contributed by atoms with Crippen LogP contribution in [0.1, 0.15) is 34.6 Å². The van der Waals surface area contributed by atoms with Crippen molar-refractivity contribution in [2.75, 3.05) is 7.05 Å². The molecule has 68 valence electrons. The van der Waals surface area contributed by atoms with Crippen molar-refractivity contribution in [3.8, 4) is 0 Å². The first kappa shape index (κ1) is 10.9. The van der Waals surface area contributed by atoms with Gasteiger partial charge in [-0.2, -0.15) is 0 Å². The second kappa shape index (κ2) is 4.73. The highest BCUT2D eigenvalue weighted by Crippen LogP contribution is 2.05. The molecule has 0 saturated carbocycles. The van der Waals surface area contributed by atoms with Gasteiger partial charge in [-0.25, -0.2) is 5.01 Å². The normalized spacial score (nSPS) is 15.0. The van der Waals surface area contributed by atoms with E-state index in [0.717, 1.165) is 0 Å². The minimum Gasteiger partial charge on any atom is -0.253 e. The summed E-state index contributed by atoms with van der Waals surface area (Å²) in [6.45, 7) is 11.0. The van der Waals surface area contributed by atoms with Crippen LogP contribution in [-0.4, -0.2) is 24.1 Å². The van der Waals surface area contributed by atoms with Crippen LogP contribution in [0.4, 0.5) is 0 Å². The fraction of sp³-hybridized carbons (Fsp3) is 1.00. The lowest BCUT2D eigenvalue weighted by molar-refractivity contribution is 0.124. The Morgan fingerprint density at radius 1 is 1.00 bits per heavy atom. The predicted octanol–water partition coefficient (Wildman–Crippen LogP) is 1.88. The van der Waals surface area contributed by atoms with E-state index in [2.05, 4.69) is 52.1 Å². The number of nitrogens with one attached hydrogen (secondary N) is 1. The van der Waals surface area contributed by atoms with E-state index in [0.29, 0.717) is 18.0 Å². The smallest absolute Gasteiger partial charge is 0.0235 e. The highest BCUT2D eigenvalue weighted by atomic mass is 15.5. The molecule has 0 fully saturated rings. The molecule has 0 aromatic carbocycles. The molecule has 0 aliphatic heterocycles. The van der Waals surface area contributed by atoms with E-state index in [1.54, 1.807) is 0 Å². The van der Waals surface area contributed by atoms with Gasteiger partial charge in [0.2, 0.25) is 0 Å². The summed E-state index contributed by atoms with van der Waals surface area (Å²) >= 11 is 0. The standard InChI is InChI=1S/C9H22N2/c1-7(2)9(5)11(6)10-8(3)4/h7-10H,1-6H3. The molecule has 0 aliphatic rings. The zero-order valence-corrected chi connectivity index (χ0v) is 8.68. The van der Waals surface area contributed by atoms with Crippen molar-refractivity contribution in [2.45, 2.75) is 46.7 Å². The topological polar surface area (TPSA) is 15.3 Å². The van der Waals surface area contributed by atoms with Gasteiger partial charge in [-0.1, -0.05) is 13.8 Å². The van der Waals surface area contributed by atoms with Gasteiger partial charge in [-0.3, -0.25) is 5.43 Å². The van der Waals surface area contributed by atoms with E-state index < -0.39 is 0 Å². The molecule has 11 heavy (non-hydrogen) atoms. The molecule has 0 rings (SSSR count). The van der Waals surface area contributed by atoms with Gasteiger partial charge in [0.05, 0.1) is 0 Å². The minimum absolute atomic E-state index is 0.529. The maximum atomic E-state index is 3.36. The van der Waals surface area contributed by atoms with Crippen molar-refractivity contribution < 1.29 is 0 Å². The average Bonchev–Trinajstić information content (AvgIpc) is 1.84. The molecule has 0 saturated heterocycles. The van der Waals surface area contributed by atoms with Crippen LogP contribution in [0.2, 0.25) is 0 Å². The second-order valence-corrected chi connectivity index (χ2v) is 3.88. The van der Waals surface area contributed by atoms with Crippen LogP contribution in [0.25, 0.3) is 0 Å². The number of hydrogen-bond acceptors (Lipinski definition) is 2. The lowest BCUT2D eigenvalue weighted by Crippen LogP contribution is -2.46. The zero-order chi connectivity index (χ0) is 9.02. The molecule has 0 radical (unpaired) electrons. The van der Waals surface area contributed by atoms with Gasteiger partial charge < -0.3 is 0 Å². The molecule has 0 aromatic rings. The monoisotopic (exact) mass is 158 g/mol. The lowest BCUT2D eigenvalue weighted by Gasteiger charge is -2.30. The molecule has 2 nitrogen and oxygen atoms in total. The number of hydrogen-bond donors (Lipinski definition) is 1. The van der Waals surface area contributed by atoms with E-state index in [9.17, 15) is 0 Å². The largest absolute Gasteiger partial charge is 0.253 e. The zero-order valence-electron chi connectivity index (χ0n) is 8.68. The Bertz CT molecular complexity index is 99.7. The summed E-state index contributed by atoms with van der Waals surface area (Å²) in [4.78, 5) is 0. The van der Waals surface area contributed by atoms with Crippen molar-refractivity contribution in [1.29, 1.82) is 0 Å². The summed E-state index contributed by atoms with van der Waals surface area (Å²) in [5.41, 5.74) is 3.36. The molecule has 0 bridgehead atoms. The Hall–Kier alpha value is -0.0800. The van der Waals surface area contributed by atoms with Crippen molar-refractivity contribution in [3.63, 3.8) is 0 Å². The molecular formula is C9H22N2. The van der Waals surface area contributed by atoms with Gasteiger partial charge in [0.25, 0.3) is 0 Å². The number of hydrazine groups is 1. The molecule has 0 aliphatic carbocycles. The van der Waals surface area contributed by atoms with E-state index in [4.69, 9.17) is 0 Å². The summed E-state index contributed by atoms with van der Waals surface area (Å²) in [5.74, 6) is 0.700. The van der Waals surface area contributed by atoms with Crippen LogP contribution in [0.3, 0.4) is 0 Å². The van der Waals surface area contributed by atoms with Crippen molar-refractivity contribution >= 4 is 0 Å². The molecule has 1 N–H and O–H groups in total. The number of nitrogens with zero attached hydrogens (tertiary/aromatic N) is 1. The van der Waals surface area contributed by atoms with Gasteiger partial charge in [0.15, 0.2) is 0 Å². The second-order valence-electron chi connectivity index (χ2n) is 3.88. The van der Waals surface area contributed by atoms with Crippen molar-refractivity contribution in [1.82, 2.24) is 10.4 Å². The third kappa shape index (κ3) is 4.38. The van der Waals surface area contributed by atoms with Gasteiger partial charge in [0.1, 0.15) is 0 Å². The first-order valence-corrected chi connectivity index (χ1v) is 4.44. The predicted molar refractivity (Wildman–Crippen MR) is 50.3 cm³/mol. The maximum absolute atomic E-state index is 3.36. The summed E-state index contributed by atoms with van der Waals surface area (Å²) in [6.07, 6.45) is 0. The van der Waals surface area contributed by atoms with Crippen molar-refractivity contribution in [2.24, 2.45) is 5.92 Å². The summed E-state index contributed by atoms with van der Waals surface area (Å²) in [5, 5.41) is 2.19. The van der Waals surface area contributed by atoms with Crippen LogP contribution in [0, 0.1) is 5.92 Å². The Kier molecular flexibility index (Phi) is 4.69. The maximum Gasteiger partial charge on any atom is 0.0235 e. The summed E-state index contributed by atoms with van der Waals surface area (Å²) in [7, 11) is 2.10. The van der Waals surface area contributed by atoms with Crippen molar-refractivity contribution in [3.05, 3.63) is 0 Å². The fourth-order valence-corrected chi connectivity index (χ4v) is 0.972. The molecule has 1 atom stereocenters. The van der Waals surface area contributed by atoms with Crippen LogP contribution >= 0.6 is 0 Å². The van der Waals surface area contributed by atoms with E-state index in [1.165, 1.54) is 0 Å². The third-order valence-corrected chi connectivity index (χ3v) is 2.04. The van der Waals surface area contributed by atoms with Crippen LogP contribution < -0.4 is 5.43 Å². The summed E-state index contributed by atoms with van der Waals surface area (Å²) in [6, 6.07) is 1.12. The molecular weight excluding hydrogens is 136 g/mol. The number of rotatable bonds is 4. The SMILES string of the molecule is CC(C)NN(C)C(C)C(C)C. The van der Waals surface area contributed by atoms with Gasteiger partial charge in [0, 0.05) is 19.1 Å². The van der Waals surface area contributed by atoms with Crippen LogP contribution in [-0.2, 0) is 0 Å².